The summed E-state index contributed by atoms with van der Waals surface area (Å²) in [6, 6.07) is 7.57. The van der Waals surface area contributed by atoms with E-state index in [-0.39, 0.29) is 40.8 Å². The van der Waals surface area contributed by atoms with Gasteiger partial charge < -0.3 is 20.1 Å². The van der Waals surface area contributed by atoms with E-state index >= 15 is 0 Å². The molecule has 2 aromatic carbocycles. The number of rotatable bonds is 3. The Balaban J connectivity index is 1.94. The summed E-state index contributed by atoms with van der Waals surface area (Å²) in [7, 11) is 0. The Morgan fingerprint density at radius 1 is 1.16 bits per heavy atom. The van der Waals surface area contributed by atoms with Gasteiger partial charge in [-0.05, 0) is 43.5 Å². The van der Waals surface area contributed by atoms with E-state index in [1.54, 1.807) is 12.1 Å². The van der Waals surface area contributed by atoms with Crippen LogP contribution in [-0.4, -0.2) is 21.1 Å². The lowest BCUT2D eigenvalue weighted by Crippen LogP contribution is -2.20. The number of hydrogen-bond donors (Lipinski definition) is 3. The molecule has 0 aromatic heterocycles. The van der Waals surface area contributed by atoms with Crippen LogP contribution in [0.15, 0.2) is 42.0 Å². The fourth-order valence-electron chi connectivity index (χ4n) is 2.89. The number of Topliss-reactive ketones (excluding diaryl/α,β-unsaturated/α-hetero) is 1. The molecule has 1 aliphatic heterocycles. The van der Waals surface area contributed by atoms with Gasteiger partial charge in [-0.3, -0.25) is 4.79 Å². The minimum atomic E-state index is -0.535. The first kappa shape index (κ1) is 16.9. The smallest absolute Gasteiger partial charge is 0.174 e. The molecule has 3 N–H and O–H groups in total. The van der Waals surface area contributed by atoms with Crippen molar-refractivity contribution in [3.8, 4) is 23.0 Å². The molecule has 1 heterocycles. The van der Waals surface area contributed by atoms with E-state index in [2.05, 4.69) is 0 Å². The van der Waals surface area contributed by atoms with E-state index in [9.17, 15) is 20.1 Å². The Hall–Kier alpha value is -2.95. The SMILES string of the molecule is CC(C)=CCc1cc([C@@H]2CC(=O)c3c(O)cc(O)cc3O2)ccc1O. The maximum absolute atomic E-state index is 12.4. The highest BCUT2D eigenvalue weighted by Crippen LogP contribution is 2.42. The van der Waals surface area contributed by atoms with Crippen molar-refractivity contribution >= 4 is 5.78 Å². The van der Waals surface area contributed by atoms with Gasteiger partial charge in [0.1, 0.15) is 34.7 Å². The van der Waals surface area contributed by atoms with Crippen LogP contribution in [0.25, 0.3) is 0 Å². The number of benzene rings is 2. The predicted molar refractivity (Wildman–Crippen MR) is 93.3 cm³/mol. The monoisotopic (exact) mass is 340 g/mol. The van der Waals surface area contributed by atoms with Gasteiger partial charge in [-0.1, -0.05) is 17.7 Å². The predicted octanol–water partition coefficient (Wildman–Crippen LogP) is 4.02. The van der Waals surface area contributed by atoms with Crippen LogP contribution in [0.4, 0.5) is 0 Å². The zero-order valence-electron chi connectivity index (χ0n) is 14.1. The van der Waals surface area contributed by atoms with Gasteiger partial charge in [0.25, 0.3) is 0 Å². The summed E-state index contributed by atoms with van der Waals surface area (Å²) in [5, 5.41) is 29.5. The molecule has 2 aromatic rings. The van der Waals surface area contributed by atoms with E-state index in [4.69, 9.17) is 4.74 Å². The quantitative estimate of drug-likeness (QED) is 0.735. The average molecular weight is 340 g/mol. The van der Waals surface area contributed by atoms with Crippen molar-refractivity contribution in [2.24, 2.45) is 0 Å². The first-order chi connectivity index (χ1) is 11.8. The van der Waals surface area contributed by atoms with E-state index in [1.165, 1.54) is 6.07 Å². The second kappa shape index (κ2) is 6.51. The summed E-state index contributed by atoms with van der Waals surface area (Å²) in [6.45, 7) is 3.97. The van der Waals surface area contributed by atoms with Crippen LogP contribution in [0.2, 0.25) is 0 Å². The van der Waals surface area contributed by atoms with Crippen molar-refractivity contribution in [3.63, 3.8) is 0 Å². The number of fused-ring (bicyclic) bond motifs is 1. The number of ketones is 1. The summed E-state index contributed by atoms with van der Waals surface area (Å²) >= 11 is 0. The third-order valence-corrected chi connectivity index (χ3v) is 4.19. The van der Waals surface area contributed by atoms with E-state index in [1.807, 2.05) is 26.0 Å². The van der Waals surface area contributed by atoms with E-state index in [0.717, 1.165) is 22.8 Å². The lowest BCUT2D eigenvalue weighted by molar-refractivity contribution is 0.0845. The normalized spacial score (nSPS) is 16.1. The van der Waals surface area contributed by atoms with Gasteiger partial charge in [-0.25, -0.2) is 0 Å². The van der Waals surface area contributed by atoms with Crippen molar-refractivity contribution < 1.29 is 24.9 Å². The van der Waals surface area contributed by atoms with Crippen LogP contribution in [-0.2, 0) is 6.42 Å². The molecule has 3 rings (SSSR count). The maximum Gasteiger partial charge on any atom is 0.174 e. The summed E-state index contributed by atoms with van der Waals surface area (Å²) in [6.07, 6.45) is 2.14. The number of allylic oxidation sites excluding steroid dienone is 2. The second-order valence-electron chi connectivity index (χ2n) is 6.45. The van der Waals surface area contributed by atoms with Crippen molar-refractivity contribution in [3.05, 3.63) is 58.7 Å². The molecule has 1 aliphatic rings. The first-order valence-electron chi connectivity index (χ1n) is 8.06. The van der Waals surface area contributed by atoms with Crippen LogP contribution < -0.4 is 4.74 Å². The van der Waals surface area contributed by atoms with Crippen LogP contribution >= 0.6 is 0 Å². The molecule has 0 spiro atoms. The minimum absolute atomic E-state index is 0.0815. The summed E-state index contributed by atoms with van der Waals surface area (Å²) in [4.78, 5) is 12.4. The third-order valence-electron chi connectivity index (χ3n) is 4.19. The number of carbonyl (C=O) groups is 1. The summed E-state index contributed by atoms with van der Waals surface area (Å²) < 4.78 is 5.83. The molecule has 5 heteroatoms. The van der Waals surface area contributed by atoms with Gasteiger partial charge in [0, 0.05) is 12.1 Å². The van der Waals surface area contributed by atoms with Crippen LogP contribution in [0.1, 0.15) is 47.9 Å². The first-order valence-corrected chi connectivity index (χ1v) is 8.06. The van der Waals surface area contributed by atoms with E-state index in [0.29, 0.717) is 6.42 Å². The largest absolute Gasteiger partial charge is 0.508 e. The molecule has 25 heavy (non-hydrogen) atoms. The Morgan fingerprint density at radius 3 is 2.64 bits per heavy atom. The molecular formula is C20H20O5. The Kier molecular flexibility index (Phi) is 4.40. The van der Waals surface area contributed by atoms with Gasteiger partial charge in [-0.2, -0.15) is 0 Å². The molecule has 0 amide bonds. The molecule has 130 valence electrons. The highest BCUT2D eigenvalue weighted by molar-refractivity contribution is 6.02. The molecule has 0 bridgehead atoms. The van der Waals surface area contributed by atoms with Crippen molar-refractivity contribution in [1.82, 2.24) is 0 Å². The molecule has 0 fully saturated rings. The highest BCUT2D eigenvalue weighted by Gasteiger charge is 2.31. The Morgan fingerprint density at radius 2 is 1.92 bits per heavy atom. The lowest BCUT2D eigenvalue weighted by atomic mass is 9.94. The highest BCUT2D eigenvalue weighted by atomic mass is 16.5. The molecule has 0 unspecified atom stereocenters. The molecular weight excluding hydrogens is 320 g/mol. The number of aromatic hydroxyl groups is 3. The topological polar surface area (TPSA) is 87.0 Å². The van der Waals surface area contributed by atoms with Crippen LogP contribution in [0.3, 0.4) is 0 Å². The zero-order valence-corrected chi connectivity index (χ0v) is 14.1. The van der Waals surface area contributed by atoms with Gasteiger partial charge in [-0.15, -0.1) is 0 Å². The molecule has 0 saturated heterocycles. The Labute approximate surface area is 145 Å². The number of phenols is 3. The standard InChI is InChI=1S/C20H20O5/c1-11(2)3-4-12-7-13(5-6-15(12)22)18-10-17(24)20-16(23)8-14(21)9-19(20)25-18/h3,5-9,18,21-23H,4,10H2,1-2H3/t18-/m0/s1. The fraction of sp³-hybridized carbons (Fsp3) is 0.250. The van der Waals surface area contributed by atoms with Crippen LogP contribution in [0, 0.1) is 0 Å². The number of ether oxygens (including phenoxy) is 1. The van der Waals surface area contributed by atoms with Crippen molar-refractivity contribution in [2.75, 3.05) is 0 Å². The number of carbonyl (C=O) groups excluding carboxylic acids is 1. The molecule has 1 atom stereocenters. The van der Waals surface area contributed by atoms with Crippen molar-refractivity contribution in [1.29, 1.82) is 0 Å². The maximum atomic E-state index is 12.4. The van der Waals surface area contributed by atoms with Gasteiger partial charge in [0.15, 0.2) is 5.78 Å². The van der Waals surface area contributed by atoms with Gasteiger partial charge in [0.2, 0.25) is 0 Å². The Bertz CT molecular complexity index is 863. The summed E-state index contributed by atoms with van der Waals surface area (Å²) in [5.41, 5.74) is 2.75. The summed E-state index contributed by atoms with van der Waals surface area (Å²) in [5.74, 6) is -0.340. The molecule has 0 aliphatic carbocycles. The van der Waals surface area contributed by atoms with Crippen molar-refractivity contribution in [2.45, 2.75) is 32.8 Å². The molecule has 5 nitrogen and oxygen atoms in total. The average Bonchev–Trinajstić information content (AvgIpc) is 2.52. The minimum Gasteiger partial charge on any atom is -0.508 e. The fourth-order valence-corrected chi connectivity index (χ4v) is 2.89. The molecule has 0 saturated carbocycles. The third kappa shape index (κ3) is 3.45. The lowest BCUT2D eigenvalue weighted by Gasteiger charge is -2.26. The number of phenolic OH excluding ortho intramolecular Hbond substituents is 3. The molecule has 0 radical (unpaired) electrons. The van der Waals surface area contributed by atoms with E-state index < -0.39 is 6.10 Å². The second-order valence-corrected chi connectivity index (χ2v) is 6.45. The zero-order chi connectivity index (χ0) is 18.1. The van der Waals surface area contributed by atoms with Gasteiger partial charge >= 0.3 is 0 Å². The van der Waals surface area contributed by atoms with Gasteiger partial charge in [0.05, 0.1) is 6.42 Å². The van der Waals surface area contributed by atoms with Crippen LogP contribution in [0.5, 0.6) is 23.0 Å². The number of hydrogen-bond acceptors (Lipinski definition) is 5.